The van der Waals surface area contributed by atoms with Gasteiger partial charge >= 0.3 is 6.18 Å². The molecular weight excluding hydrogens is 331 g/mol. The molecule has 1 fully saturated rings. The van der Waals surface area contributed by atoms with Gasteiger partial charge in [0.2, 0.25) is 0 Å². The third kappa shape index (κ3) is 3.45. The predicted molar refractivity (Wildman–Crippen MR) is 86.0 cm³/mol. The number of nitriles is 1. The molecule has 3 rings (SSSR count). The normalized spacial score (nSPS) is 18.2. The Kier molecular flexibility index (Phi) is 4.66. The highest BCUT2D eigenvalue weighted by Crippen LogP contribution is 2.39. The van der Waals surface area contributed by atoms with E-state index in [2.05, 4.69) is 10.2 Å². The average molecular weight is 349 g/mol. The van der Waals surface area contributed by atoms with Crippen molar-refractivity contribution in [3.8, 4) is 6.07 Å². The zero-order valence-electron chi connectivity index (χ0n) is 13.8. The van der Waals surface area contributed by atoms with Gasteiger partial charge in [-0.3, -0.25) is 0 Å². The van der Waals surface area contributed by atoms with Gasteiger partial charge in [-0.2, -0.15) is 18.4 Å². The van der Waals surface area contributed by atoms with Crippen LogP contribution in [0.1, 0.15) is 42.6 Å². The van der Waals surface area contributed by atoms with Gasteiger partial charge in [0.05, 0.1) is 17.2 Å². The number of halogens is 3. The lowest BCUT2D eigenvalue weighted by molar-refractivity contribution is -0.137. The minimum atomic E-state index is -4.50. The van der Waals surface area contributed by atoms with Crippen LogP contribution in [0.2, 0.25) is 0 Å². The number of aryl methyl sites for hydroxylation is 1. The van der Waals surface area contributed by atoms with Crippen LogP contribution < -0.4 is 4.90 Å². The van der Waals surface area contributed by atoms with E-state index >= 15 is 0 Å². The molecule has 1 unspecified atom stereocenters. The molecule has 5 nitrogen and oxygen atoms in total. The maximum atomic E-state index is 13.4. The number of rotatable bonds is 3. The molecule has 0 spiro atoms. The molecule has 2 heterocycles. The Bertz CT molecular complexity index is 790. The summed E-state index contributed by atoms with van der Waals surface area (Å²) in [5, 5.41) is 17.0. The Morgan fingerprint density at radius 3 is 2.84 bits per heavy atom. The molecule has 0 N–H and O–H groups in total. The van der Waals surface area contributed by atoms with Crippen LogP contribution >= 0.6 is 0 Å². The van der Waals surface area contributed by atoms with Crippen molar-refractivity contribution in [3.63, 3.8) is 0 Å². The van der Waals surface area contributed by atoms with Crippen LogP contribution in [0.25, 0.3) is 0 Å². The number of benzene rings is 1. The lowest BCUT2D eigenvalue weighted by Crippen LogP contribution is -2.36. The second-order valence-electron chi connectivity index (χ2n) is 6.10. The first-order valence-electron chi connectivity index (χ1n) is 8.18. The van der Waals surface area contributed by atoms with E-state index in [9.17, 15) is 13.2 Å². The van der Waals surface area contributed by atoms with Gasteiger partial charge in [0.1, 0.15) is 12.2 Å². The second-order valence-corrected chi connectivity index (χ2v) is 6.10. The fourth-order valence-electron chi connectivity index (χ4n) is 3.34. The maximum absolute atomic E-state index is 13.4. The summed E-state index contributed by atoms with van der Waals surface area (Å²) >= 11 is 0. The highest BCUT2D eigenvalue weighted by Gasteiger charge is 2.36. The van der Waals surface area contributed by atoms with Crippen LogP contribution in [0.15, 0.2) is 24.5 Å². The fourth-order valence-corrected chi connectivity index (χ4v) is 3.34. The van der Waals surface area contributed by atoms with E-state index in [1.807, 2.05) is 11.5 Å². The predicted octanol–water partition coefficient (Wildman–Crippen LogP) is 3.57. The third-order valence-corrected chi connectivity index (χ3v) is 4.54. The van der Waals surface area contributed by atoms with Crippen LogP contribution in [0.5, 0.6) is 0 Å². The molecule has 1 saturated heterocycles. The second kappa shape index (κ2) is 6.75. The Morgan fingerprint density at radius 2 is 2.16 bits per heavy atom. The van der Waals surface area contributed by atoms with Crippen LogP contribution in [0.3, 0.4) is 0 Å². The van der Waals surface area contributed by atoms with Crippen molar-refractivity contribution in [2.24, 2.45) is 0 Å². The first-order chi connectivity index (χ1) is 11.9. The molecule has 0 aliphatic carbocycles. The van der Waals surface area contributed by atoms with Gasteiger partial charge in [0, 0.05) is 31.2 Å². The topological polar surface area (TPSA) is 57.7 Å². The molecule has 1 atom stereocenters. The molecule has 8 heteroatoms. The van der Waals surface area contributed by atoms with Crippen molar-refractivity contribution in [2.45, 2.75) is 38.4 Å². The number of nitrogens with zero attached hydrogens (tertiary/aromatic N) is 5. The molecule has 1 aliphatic heterocycles. The van der Waals surface area contributed by atoms with E-state index in [1.54, 1.807) is 17.3 Å². The zero-order chi connectivity index (χ0) is 18.0. The Balaban J connectivity index is 1.93. The first kappa shape index (κ1) is 17.3. The fraction of sp³-hybridized carbons (Fsp3) is 0.471. The van der Waals surface area contributed by atoms with E-state index in [0.717, 1.165) is 31.3 Å². The monoisotopic (exact) mass is 349 g/mol. The Labute approximate surface area is 143 Å². The lowest BCUT2D eigenvalue weighted by atomic mass is 9.95. The van der Waals surface area contributed by atoms with Gasteiger partial charge in [-0.05, 0) is 38.0 Å². The summed E-state index contributed by atoms with van der Waals surface area (Å²) in [6.45, 7) is 3.71. The first-order valence-corrected chi connectivity index (χ1v) is 8.18. The van der Waals surface area contributed by atoms with Gasteiger partial charge in [-0.25, -0.2) is 0 Å². The summed E-state index contributed by atoms with van der Waals surface area (Å²) in [6, 6.07) is 5.53. The summed E-state index contributed by atoms with van der Waals surface area (Å²) in [5.74, 6) is 0.849. The molecule has 2 aromatic rings. The van der Waals surface area contributed by atoms with E-state index in [0.29, 0.717) is 13.1 Å². The molecular formula is C17H18F3N5. The Morgan fingerprint density at radius 1 is 1.36 bits per heavy atom. The van der Waals surface area contributed by atoms with Gasteiger partial charge in [-0.15, -0.1) is 10.2 Å². The number of piperidine rings is 1. The van der Waals surface area contributed by atoms with Crippen LogP contribution in [0.4, 0.5) is 18.9 Å². The molecule has 0 bridgehead atoms. The van der Waals surface area contributed by atoms with Gasteiger partial charge in [0.15, 0.2) is 0 Å². The minimum absolute atomic E-state index is 0.00959. The van der Waals surface area contributed by atoms with Crippen molar-refractivity contribution in [1.82, 2.24) is 14.8 Å². The summed E-state index contributed by atoms with van der Waals surface area (Å²) in [5.41, 5.74) is -0.627. The van der Waals surface area contributed by atoms with Gasteiger partial charge < -0.3 is 9.47 Å². The van der Waals surface area contributed by atoms with E-state index in [4.69, 9.17) is 5.26 Å². The highest BCUT2D eigenvalue weighted by molar-refractivity contribution is 5.58. The van der Waals surface area contributed by atoms with Crippen molar-refractivity contribution in [1.29, 1.82) is 5.26 Å². The molecule has 25 heavy (non-hydrogen) atoms. The minimum Gasteiger partial charge on any atom is -0.370 e. The SMILES string of the molecule is CCn1cnnc1C1CCCN(c2ccc(C#N)cc2C(F)(F)F)C1. The largest absolute Gasteiger partial charge is 0.418 e. The van der Waals surface area contributed by atoms with Crippen molar-refractivity contribution < 1.29 is 13.2 Å². The Hall–Kier alpha value is -2.56. The van der Waals surface area contributed by atoms with E-state index < -0.39 is 11.7 Å². The molecule has 0 amide bonds. The van der Waals surface area contributed by atoms with Gasteiger partial charge in [0.25, 0.3) is 0 Å². The quantitative estimate of drug-likeness (QED) is 0.850. The van der Waals surface area contributed by atoms with Crippen LogP contribution in [-0.4, -0.2) is 27.9 Å². The van der Waals surface area contributed by atoms with E-state index in [1.165, 1.54) is 12.1 Å². The number of hydrogen-bond donors (Lipinski definition) is 0. The number of alkyl halides is 3. The van der Waals surface area contributed by atoms with Crippen LogP contribution in [-0.2, 0) is 12.7 Å². The van der Waals surface area contributed by atoms with Crippen molar-refractivity contribution in [3.05, 3.63) is 41.5 Å². The number of aromatic nitrogens is 3. The average Bonchev–Trinajstić information content (AvgIpc) is 3.09. The maximum Gasteiger partial charge on any atom is 0.418 e. The smallest absolute Gasteiger partial charge is 0.370 e. The third-order valence-electron chi connectivity index (χ3n) is 4.54. The number of anilines is 1. The summed E-state index contributed by atoms with van der Waals surface area (Å²) in [7, 11) is 0. The van der Waals surface area contributed by atoms with E-state index in [-0.39, 0.29) is 17.2 Å². The molecule has 1 aromatic heterocycles. The van der Waals surface area contributed by atoms with Crippen molar-refractivity contribution >= 4 is 5.69 Å². The highest BCUT2D eigenvalue weighted by atomic mass is 19.4. The zero-order valence-corrected chi connectivity index (χ0v) is 13.8. The molecule has 1 aliphatic rings. The molecule has 132 valence electrons. The molecule has 0 saturated carbocycles. The summed E-state index contributed by atoms with van der Waals surface area (Å²) in [6.07, 6.45) is -1.21. The summed E-state index contributed by atoms with van der Waals surface area (Å²) < 4.78 is 42.3. The molecule has 1 aromatic carbocycles. The lowest BCUT2D eigenvalue weighted by Gasteiger charge is -2.35. The standard InChI is InChI=1S/C17H18F3N5/c1-2-24-11-22-23-16(24)13-4-3-7-25(10-13)15-6-5-12(9-21)8-14(15)17(18,19)20/h5-6,8,11,13H,2-4,7,10H2,1H3. The van der Waals surface area contributed by atoms with Crippen molar-refractivity contribution in [2.75, 3.05) is 18.0 Å². The van der Waals surface area contributed by atoms with Crippen LogP contribution in [0, 0.1) is 11.3 Å². The van der Waals surface area contributed by atoms with Gasteiger partial charge in [-0.1, -0.05) is 0 Å². The summed E-state index contributed by atoms with van der Waals surface area (Å²) in [4.78, 5) is 1.74. The molecule has 0 radical (unpaired) electrons. The number of hydrogen-bond acceptors (Lipinski definition) is 4.